The molecule has 0 radical (unpaired) electrons. The van der Waals surface area contributed by atoms with Crippen LogP contribution in [0.5, 0.6) is 0 Å². The number of hydrogen-bond donors (Lipinski definition) is 2. The third kappa shape index (κ3) is 2.97. The number of rotatable bonds is 5. The Bertz CT molecular complexity index is 502. The highest BCUT2D eigenvalue weighted by molar-refractivity contribution is 7.99. The maximum absolute atomic E-state index is 8.78. The number of thioether (sulfide) groups is 1. The molecule has 2 rings (SSSR count). The lowest BCUT2D eigenvalue weighted by atomic mass is 10.1. The van der Waals surface area contributed by atoms with E-state index in [-0.39, 0.29) is 6.61 Å². The highest BCUT2D eigenvalue weighted by Crippen LogP contribution is 2.25. The van der Waals surface area contributed by atoms with E-state index in [2.05, 4.69) is 11.1 Å². The van der Waals surface area contributed by atoms with Crippen LogP contribution in [0.15, 0.2) is 35.4 Å². The van der Waals surface area contributed by atoms with Crippen molar-refractivity contribution >= 4 is 22.7 Å². The summed E-state index contributed by atoms with van der Waals surface area (Å²) >= 11 is 1.66. The number of aromatic nitrogens is 1. The largest absolute Gasteiger partial charge is 0.396 e. The smallest absolute Gasteiger partial charge is 0.101 e. The summed E-state index contributed by atoms with van der Waals surface area (Å²) in [5.74, 6) is 0.870. The zero-order chi connectivity index (χ0) is 12.1. The Kier molecular flexibility index (Phi) is 4.36. The van der Waals surface area contributed by atoms with Gasteiger partial charge in [0.25, 0.3) is 0 Å². The van der Waals surface area contributed by atoms with E-state index in [9.17, 15) is 0 Å². The number of nitrogens with two attached hydrogens (primary N) is 1. The van der Waals surface area contributed by atoms with Crippen molar-refractivity contribution < 1.29 is 5.11 Å². The number of fused-ring (bicyclic) bond motifs is 1. The Morgan fingerprint density at radius 1 is 1.29 bits per heavy atom. The number of para-hydroxylation sites is 1. The van der Waals surface area contributed by atoms with Gasteiger partial charge in [-0.1, -0.05) is 18.2 Å². The molecule has 3 nitrogen and oxygen atoms in total. The predicted molar refractivity (Wildman–Crippen MR) is 72.1 cm³/mol. The van der Waals surface area contributed by atoms with Gasteiger partial charge in [0.1, 0.15) is 5.03 Å². The second-order valence-electron chi connectivity index (χ2n) is 3.78. The minimum absolute atomic E-state index is 0.221. The van der Waals surface area contributed by atoms with Gasteiger partial charge in [-0.2, -0.15) is 0 Å². The fourth-order valence-electron chi connectivity index (χ4n) is 1.65. The van der Waals surface area contributed by atoms with Crippen LogP contribution in [0.25, 0.3) is 10.9 Å². The maximum atomic E-state index is 8.78. The Balaban J connectivity index is 2.32. The summed E-state index contributed by atoms with van der Waals surface area (Å²) < 4.78 is 0. The Morgan fingerprint density at radius 3 is 2.88 bits per heavy atom. The molecule has 90 valence electrons. The molecule has 4 heteroatoms. The van der Waals surface area contributed by atoms with Gasteiger partial charge in [0.2, 0.25) is 0 Å². The third-order valence-electron chi connectivity index (χ3n) is 2.52. The zero-order valence-corrected chi connectivity index (χ0v) is 10.4. The summed E-state index contributed by atoms with van der Waals surface area (Å²) in [6.45, 7) is 0.720. The number of aliphatic hydroxyl groups is 1. The van der Waals surface area contributed by atoms with Gasteiger partial charge in [0, 0.05) is 24.3 Å². The van der Waals surface area contributed by atoms with Crippen molar-refractivity contribution in [1.29, 1.82) is 0 Å². The van der Waals surface area contributed by atoms with Gasteiger partial charge in [-0.05, 0) is 24.1 Å². The van der Waals surface area contributed by atoms with Gasteiger partial charge in [-0.15, -0.1) is 11.8 Å². The molecular formula is C13H16N2OS. The van der Waals surface area contributed by atoms with Crippen molar-refractivity contribution in [1.82, 2.24) is 4.98 Å². The molecule has 0 saturated carbocycles. The molecule has 0 unspecified atom stereocenters. The summed E-state index contributed by atoms with van der Waals surface area (Å²) in [5, 5.41) is 10.9. The molecule has 0 aliphatic carbocycles. The van der Waals surface area contributed by atoms with Gasteiger partial charge < -0.3 is 10.8 Å². The van der Waals surface area contributed by atoms with Crippen molar-refractivity contribution in [2.45, 2.75) is 18.0 Å². The summed E-state index contributed by atoms with van der Waals surface area (Å²) in [5.41, 5.74) is 7.82. The first kappa shape index (κ1) is 12.4. The first-order valence-electron chi connectivity index (χ1n) is 5.67. The minimum Gasteiger partial charge on any atom is -0.396 e. The van der Waals surface area contributed by atoms with Crippen LogP contribution in [-0.4, -0.2) is 22.5 Å². The van der Waals surface area contributed by atoms with Crippen molar-refractivity contribution in [2.24, 2.45) is 5.73 Å². The molecule has 1 heterocycles. The molecule has 0 aliphatic rings. The Labute approximate surface area is 105 Å². The van der Waals surface area contributed by atoms with Crippen molar-refractivity contribution in [3.63, 3.8) is 0 Å². The SMILES string of the molecule is NCc1cc2ccccc2nc1SCCCO. The number of nitrogens with zero attached hydrogens (tertiary/aromatic N) is 1. The van der Waals surface area contributed by atoms with E-state index < -0.39 is 0 Å². The van der Waals surface area contributed by atoms with Crippen molar-refractivity contribution in [3.05, 3.63) is 35.9 Å². The average Bonchev–Trinajstić information content (AvgIpc) is 2.38. The van der Waals surface area contributed by atoms with Crippen LogP contribution in [0.3, 0.4) is 0 Å². The lowest BCUT2D eigenvalue weighted by Gasteiger charge is -2.08. The molecule has 0 fully saturated rings. The summed E-state index contributed by atoms with van der Waals surface area (Å²) in [6, 6.07) is 10.1. The second-order valence-corrected chi connectivity index (χ2v) is 4.86. The van der Waals surface area contributed by atoms with Gasteiger partial charge in [0.05, 0.1) is 5.52 Å². The van der Waals surface area contributed by atoms with Gasteiger partial charge in [-0.3, -0.25) is 0 Å². The van der Waals surface area contributed by atoms with E-state index in [1.54, 1.807) is 11.8 Å². The number of hydrogen-bond acceptors (Lipinski definition) is 4. The van der Waals surface area contributed by atoms with Crippen LogP contribution < -0.4 is 5.73 Å². The van der Waals surface area contributed by atoms with Crippen LogP contribution in [0.4, 0.5) is 0 Å². The minimum atomic E-state index is 0.221. The average molecular weight is 248 g/mol. The molecule has 0 saturated heterocycles. The lowest BCUT2D eigenvalue weighted by molar-refractivity contribution is 0.296. The molecule has 0 aliphatic heterocycles. The third-order valence-corrected chi connectivity index (χ3v) is 3.64. The molecule has 0 spiro atoms. The summed E-state index contributed by atoms with van der Waals surface area (Å²) in [6.07, 6.45) is 0.781. The van der Waals surface area contributed by atoms with E-state index in [1.807, 2.05) is 24.3 Å². The quantitative estimate of drug-likeness (QED) is 0.629. The summed E-state index contributed by atoms with van der Waals surface area (Å²) in [4.78, 5) is 4.62. The maximum Gasteiger partial charge on any atom is 0.101 e. The second kappa shape index (κ2) is 6.00. The molecule has 3 N–H and O–H groups in total. The van der Waals surface area contributed by atoms with Crippen LogP contribution in [-0.2, 0) is 6.54 Å². The molecule has 2 aromatic rings. The van der Waals surface area contributed by atoms with Crippen LogP contribution >= 0.6 is 11.8 Å². The number of benzene rings is 1. The van der Waals surface area contributed by atoms with E-state index in [4.69, 9.17) is 10.8 Å². The number of aliphatic hydroxyl groups excluding tert-OH is 1. The molecule has 17 heavy (non-hydrogen) atoms. The van der Waals surface area contributed by atoms with Crippen LogP contribution in [0.1, 0.15) is 12.0 Å². The Morgan fingerprint density at radius 2 is 2.12 bits per heavy atom. The van der Waals surface area contributed by atoms with E-state index in [0.29, 0.717) is 6.54 Å². The van der Waals surface area contributed by atoms with Gasteiger partial charge in [0.15, 0.2) is 0 Å². The van der Waals surface area contributed by atoms with Gasteiger partial charge in [-0.25, -0.2) is 4.98 Å². The summed E-state index contributed by atoms with van der Waals surface area (Å²) in [7, 11) is 0. The first-order chi connectivity index (χ1) is 8.35. The standard InChI is InChI=1S/C13H16N2OS/c14-9-11-8-10-4-1-2-5-12(10)15-13(11)17-7-3-6-16/h1-2,4-5,8,16H,3,6-7,9,14H2. The molecule has 0 amide bonds. The fourth-order valence-corrected chi connectivity index (χ4v) is 2.60. The van der Waals surface area contributed by atoms with E-state index in [0.717, 1.165) is 33.7 Å². The predicted octanol–water partition coefficient (Wildman–Crippen LogP) is 2.17. The molecule has 1 aromatic heterocycles. The topological polar surface area (TPSA) is 59.1 Å². The highest BCUT2D eigenvalue weighted by atomic mass is 32.2. The zero-order valence-electron chi connectivity index (χ0n) is 9.60. The molecule has 0 bridgehead atoms. The lowest BCUT2D eigenvalue weighted by Crippen LogP contribution is -2.01. The normalized spacial score (nSPS) is 10.9. The van der Waals surface area contributed by atoms with Crippen molar-refractivity contribution in [3.8, 4) is 0 Å². The first-order valence-corrected chi connectivity index (χ1v) is 6.66. The Hall–Kier alpha value is -1.10. The molecule has 1 aromatic carbocycles. The number of pyridine rings is 1. The molecule has 0 atom stereocenters. The molecular weight excluding hydrogens is 232 g/mol. The van der Waals surface area contributed by atoms with Gasteiger partial charge >= 0.3 is 0 Å². The fraction of sp³-hybridized carbons (Fsp3) is 0.308. The van der Waals surface area contributed by atoms with Crippen LogP contribution in [0.2, 0.25) is 0 Å². The van der Waals surface area contributed by atoms with E-state index >= 15 is 0 Å². The highest BCUT2D eigenvalue weighted by Gasteiger charge is 2.05. The van der Waals surface area contributed by atoms with E-state index in [1.165, 1.54) is 0 Å². The van der Waals surface area contributed by atoms with Crippen LogP contribution in [0, 0.1) is 0 Å². The monoisotopic (exact) mass is 248 g/mol. The van der Waals surface area contributed by atoms with Crippen molar-refractivity contribution in [2.75, 3.05) is 12.4 Å².